The van der Waals surface area contributed by atoms with Crippen molar-refractivity contribution in [3.8, 4) is 5.75 Å². The highest BCUT2D eigenvalue weighted by atomic mass is 32.2. The molecular formula is C23H24FNO5S. The van der Waals surface area contributed by atoms with E-state index in [1.54, 1.807) is 32.0 Å². The molecule has 0 spiro atoms. The predicted octanol–water partition coefficient (Wildman–Crippen LogP) is 4.16. The van der Waals surface area contributed by atoms with E-state index in [0.717, 1.165) is 15.1 Å². The number of hydrogen-bond acceptors (Lipinski definition) is 4. The van der Waals surface area contributed by atoms with Crippen LogP contribution in [0, 0.1) is 11.7 Å². The Morgan fingerprint density at radius 1 is 1.03 bits per heavy atom. The first-order chi connectivity index (χ1) is 14.7. The van der Waals surface area contributed by atoms with Gasteiger partial charge in [-0.25, -0.2) is 12.8 Å². The highest BCUT2D eigenvalue weighted by molar-refractivity contribution is 7.89. The van der Waals surface area contributed by atoms with Crippen molar-refractivity contribution in [3.63, 3.8) is 0 Å². The SMILES string of the molecule is CC(C)[C@H](C(=O)O)N(CCOc1ccc(F)cc1)S(=O)(=O)c1ccc2ccccc2c1. The minimum absolute atomic E-state index is 0.0138. The minimum Gasteiger partial charge on any atom is -0.492 e. The zero-order valence-electron chi connectivity index (χ0n) is 17.2. The van der Waals surface area contributed by atoms with Crippen molar-refractivity contribution in [2.45, 2.75) is 24.8 Å². The molecule has 6 nitrogen and oxygen atoms in total. The Morgan fingerprint density at radius 2 is 1.68 bits per heavy atom. The van der Waals surface area contributed by atoms with Gasteiger partial charge in [0.2, 0.25) is 10.0 Å². The van der Waals surface area contributed by atoms with Crippen molar-refractivity contribution in [3.05, 3.63) is 72.5 Å². The Kier molecular flexibility index (Phi) is 6.92. The molecule has 0 radical (unpaired) electrons. The fourth-order valence-electron chi connectivity index (χ4n) is 3.40. The molecule has 0 saturated carbocycles. The molecule has 0 unspecified atom stereocenters. The van der Waals surface area contributed by atoms with E-state index in [2.05, 4.69) is 0 Å². The predicted molar refractivity (Wildman–Crippen MR) is 116 cm³/mol. The van der Waals surface area contributed by atoms with Gasteiger partial charge in [0, 0.05) is 6.54 Å². The maximum atomic E-state index is 13.5. The average Bonchev–Trinajstić information content (AvgIpc) is 2.73. The number of nitrogens with zero attached hydrogens (tertiary/aromatic N) is 1. The van der Waals surface area contributed by atoms with Crippen molar-refractivity contribution in [1.82, 2.24) is 4.31 Å². The van der Waals surface area contributed by atoms with E-state index in [0.29, 0.717) is 5.75 Å². The van der Waals surface area contributed by atoms with Crippen LogP contribution in [0.2, 0.25) is 0 Å². The summed E-state index contributed by atoms with van der Waals surface area (Å²) in [7, 11) is -4.13. The normalized spacial score (nSPS) is 12.9. The molecule has 1 N–H and O–H groups in total. The van der Waals surface area contributed by atoms with E-state index in [1.807, 2.05) is 12.1 Å². The fraction of sp³-hybridized carbons (Fsp3) is 0.261. The Bertz CT molecular complexity index is 1160. The molecule has 0 bridgehead atoms. The molecule has 8 heteroatoms. The maximum Gasteiger partial charge on any atom is 0.322 e. The number of fused-ring (bicyclic) bond motifs is 1. The second-order valence-corrected chi connectivity index (χ2v) is 9.34. The Labute approximate surface area is 180 Å². The third kappa shape index (κ3) is 5.21. The number of hydrogen-bond donors (Lipinski definition) is 1. The lowest BCUT2D eigenvalue weighted by atomic mass is 10.1. The van der Waals surface area contributed by atoms with E-state index < -0.39 is 33.8 Å². The second kappa shape index (κ2) is 9.45. The summed E-state index contributed by atoms with van der Waals surface area (Å²) in [4.78, 5) is 12.0. The number of rotatable bonds is 9. The molecule has 3 aromatic rings. The number of carbonyl (C=O) groups is 1. The van der Waals surface area contributed by atoms with E-state index in [4.69, 9.17) is 4.74 Å². The molecule has 3 rings (SSSR count). The van der Waals surface area contributed by atoms with Gasteiger partial charge in [0.25, 0.3) is 0 Å². The molecule has 0 heterocycles. The first kappa shape index (κ1) is 22.7. The summed E-state index contributed by atoms with van der Waals surface area (Å²) in [5.41, 5.74) is 0. The summed E-state index contributed by atoms with van der Waals surface area (Å²) in [5.74, 6) is -1.76. The highest BCUT2D eigenvalue weighted by Gasteiger charge is 2.38. The molecule has 164 valence electrons. The minimum atomic E-state index is -4.13. The van der Waals surface area contributed by atoms with Crippen molar-refractivity contribution < 1.29 is 27.4 Å². The van der Waals surface area contributed by atoms with Gasteiger partial charge in [0.15, 0.2) is 0 Å². The van der Waals surface area contributed by atoms with E-state index in [-0.39, 0.29) is 18.0 Å². The van der Waals surface area contributed by atoms with Crippen LogP contribution in [0.15, 0.2) is 71.6 Å². The van der Waals surface area contributed by atoms with Crippen LogP contribution in [0.3, 0.4) is 0 Å². The Hall–Kier alpha value is -2.97. The summed E-state index contributed by atoms with van der Waals surface area (Å²) in [5, 5.41) is 11.4. The van der Waals surface area contributed by atoms with Crippen molar-refractivity contribution in [2.75, 3.05) is 13.2 Å². The van der Waals surface area contributed by atoms with Gasteiger partial charge in [0.05, 0.1) is 4.90 Å². The zero-order chi connectivity index (χ0) is 22.6. The van der Waals surface area contributed by atoms with Crippen LogP contribution < -0.4 is 4.74 Å². The van der Waals surface area contributed by atoms with Gasteiger partial charge < -0.3 is 9.84 Å². The quantitative estimate of drug-likeness (QED) is 0.535. The van der Waals surface area contributed by atoms with Crippen LogP contribution in [-0.2, 0) is 14.8 Å². The lowest BCUT2D eigenvalue weighted by molar-refractivity contribution is -0.143. The van der Waals surface area contributed by atoms with Crippen LogP contribution in [0.1, 0.15) is 13.8 Å². The number of carboxylic acid groups (broad SMARTS) is 1. The molecule has 1 atom stereocenters. The molecule has 31 heavy (non-hydrogen) atoms. The first-order valence-electron chi connectivity index (χ1n) is 9.82. The summed E-state index contributed by atoms with van der Waals surface area (Å²) < 4.78 is 46.5. The summed E-state index contributed by atoms with van der Waals surface area (Å²) >= 11 is 0. The lowest BCUT2D eigenvalue weighted by Gasteiger charge is -2.30. The van der Waals surface area contributed by atoms with E-state index >= 15 is 0 Å². The van der Waals surface area contributed by atoms with Crippen LogP contribution in [0.25, 0.3) is 10.8 Å². The maximum absolute atomic E-state index is 13.5. The average molecular weight is 446 g/mol. The van der Waals surface area contributed by atoms with Crippen molar-refractivity contribution >= 4 is 26.8 Å². The lowest BCUT2D eigenvalue weighted by Crippen LogP contribution is -2.49. The Morgan fingerprint density at radius 3 is 2.29 bits per heavy atom. The van der Waals surface area contributed by atoms with Gasteiger partial charge in [-0.05, 0) is 53.1 Å². The molecule has 0 aliphatic rings. The number of carboxylic acids is 1. The number of ether oxygens (including phenoxy) is 1. The standard InChI is InChI=1S/C23H24FNO5S/c1-16(2)22(23(26)27)25(13-14-30-20-10-8-19(24)9-11-20)31(28,29)21-12-7-17-5-3-4-6-18(17)15-21/h3-12,15-16,22H,13-14H2,1-2H3,(H,26,27)/t22-/m1/s1. The summed E-state index contributed by atoms with van der Waals surface area (Å²) in [6, 6.07) is 16.1. The molecule has 0 saturated heterocycles. The largest absolute Gasteiger partial charge is 0.492 e. The van der Waals surface area contributed by atoms with E-state index in [1.165, 1.54) is 36.4 Å². The van der Waals surface area contributed by atoms with Crippen LogP contribution in [-0.4, -0.2) is 43.0 Å². The van der Waals surface area contributed by atoms with Crippen LogP contribution >= 0.6 is 0 Å². The van der Waals surface area contributed by atoms with Crippen molar-refractivity contribution in [2.24, 2.45) is 5.92 Å². The molecule has 0 fully saturated rings. The second-order valence-electron chi connectivity index (χ2n) is 7.45. The summed E-state index contributed by atoms with van der Waals surface area (Å²) in [6.45, 7) is 3.04. The van der Waals surface area contributed by atoms with Gasteiger partial charge in [-0.1, -0.05) is 44.2 Å². The van der Waals surface area contributed by atoms with E-state index in [9.17, 15) is 22.7 Å². The van der Waals surface area contributed by atoms with Crippen molar-refractivity contribution in [1.29, 1.82) is 0 Å². The van der Waals surface area contributed by atoms with Crippen LogP contribution in [0.5, 0.6) is 5.75 Å². The fourth-order valence-corrected chi connectivity index (χ4v) is 5.13. The van der Waals surface area contributed by atoms with Crippen LogP contribution in [0.4, 0.5) is 4.39 Å². The summed E-state index contributed by atoms with van der Waals surface area (Å²) in [6.07, 6.45) is 0. The van der Waals surface area contributed by atoms with Gasteiger partial charge >= 0.3 is 5.97 Å². The molecule has 3 aromatic carbocycles. The topological polar surface area (TPSA) is 83.9 Å². The molecular weight excluding hydrogens is 421 g/mol. The molecule has 0 aliphatic carbocycles. The van der Waals surface area contributed by atoms with Gasteiger partial charge in [-0.2, -0.15) is 4.31 Å². The van der Waals surface area contributed by atoms with Gasteiger partial charge in [0.1, 0.15) is 24.2 Å². The number of sulfonamides is 1. The Balaban J connectivity index is 1.92. The number of halogens is 1. The number of benzene rings is 3. The molecule has 0 amide bonds. The zero-order valence-corrected chi connectivity index (χ0v) is 18.0. The highest BCUT2D eigenvalue weighted by Crippen LogP contribution is 2.25. The monoisotopic (exact) mass is 445 g/mol. The van der Waals surface area contributed by atoms with Gasteiger partial charge in [-0.3, -0.25) is 4.79 Å². The molecule has 0 aliphatic heterocycles. The van der Waals surface area contributed by atoms with Gasteiger partial charge in [-0.15, -0.1) is 0 Å². The molecule has 0 aromatic heterocycles. The third-order valence-corrected chi connectivity index (χ3v) is 6.79. The smallest absolute Gasteiger partial charge is 0.322 e. The first-order valence-corrected chi connectivity index (χ1v) is 11.3. The third-order valence-electron chi connectivity index (χ3n) is 4.92. The number of aliphatic carboxylic acids is 1.